The zero-order chi connectivity index (χ0) is 11.4. The number of ether oxygens (including phenoxy) is 1. The summed E-state index contributed by atoms with van der Waals surface area (Å²) in [6, 6.07) is 3.01. The van der Waals surface area contributed by atoms with E-state index in [-0.39, 0.29) is 11.6 Å². The lowest BCUT2D eigenvalue weighted by Crippen LogP contribution is -2.60. The van der Waals surface area contributed by atoms with Crippen LogP contribution in [0.5, 0.6) is 0 Å². The molecule has 0 saturated heterocycles. The molecule has 2 aliphatic rings. The first-order valence-corrected chi connectivity index (χ1v) is 6.50. The van der Waals surface area contributed by atoms with Crippen molar-refractivity contribution in [2.45, 2.75) is 69.1 Å². The van der Waals surface area contributed by atoms with Gasteiger partial charge in [-0.05, 0) is 12.8 Å². The van der Waals surface area contributed by atoms with Crippen LogP contribution in [0.3, 0.4) is 0 Å². The Kier molecular flexibility index (Phi) is 3.83. The summed E-state index contributed by atoms with van der Waals surface area (Å²) < 4.78 is 5.27. The first-order valence-electron chi connectivity index (χ1n) is 6.50. The third kappa shape index (κ3) is 2.56. The fourth-order valence-electron chi connectivity index (χ4n) is 2.94. The highest BCUT2D eigenvalue weighted by atomic mass is 16.5. The second kappa shape index (κ2) is 5.16. The first kappa shape index (κ1) is 11.9. The SMILES string of the molecule is COC1CC(C#N)(NC2CCCCCC2)C1. The molecule has 0 radical (unpaired) electrons. The van der Waals surface area contributed by atoms with Crippen LogP contribution < -0.4 is 5.32 Å². The van der Waals surface area contributed by atoms with Crippen molar-refractivity contribution in [2.75, 3.05) is 7.11 Å². The van der Waals surface area contributed by atoms with E-state index in [0.29, 0.717) is 6.04 Å². The average Bonchev–Trinajstić information content (AvgIpc) is 2.51. The lowest BCUT2D eigenvalue weighted by atomic mass is 9.74. The molecule has 3 heteroatoms. The molecule has 0 aromatic carbocycles. The van der Waals surface area contributed by atoms with Gasteiger partial charge in [0.2, 0.25) is 0 Å². The van der Waals surface area contributed by atoms with Gasteiger partial charge in [-0.2, -0.15) is 5.26 Å². The second-order valence-corrected chi connectivity index (χ2v) is 5.29. The van der Waals surface area contributed by atoms with Crippen molar-refractivity contribution in [1.29, 1.82) is 5.26 Å². The summed E-state index contributed by atoms with van der Waals surface area (Å²) in [5.41, 5.74) is -0.282. The molecule has 0 amide bonds. The van der Waals surface area contributed by atoms with Gasteiger partial charge in [-0.1, -0.05) is 25.7 Å². The number of nitrogens with one attached hydrogen (secondary N) is 1. The molecule has 0 aromatic heterocycles. The molecule has 3 nitrogen and oxygen atoms in total. The van der Waals surface area contributed by atoms with Crippen molar-refractivity contribution >= 4 is 0 Å². The largest absolute Gasteiger partial charge is 0.381 e. The van der Waals surface area contributed by atoms with Crippen LogP contribution in [0.15, 0.2) is 0 Å². The van der Waals surface area contributed by atoms with Crippen LogP contribution in [0.1, 0.15) is 51.4 Å². The molecule has 1 N–H and O–H groups in total. The minimum absolute atomic E-state index is 0.282. The molecular weight excluding hydrogens is 200 g/mol. The fraction of sp³-hybridized carbons (Fsp3) is 0.923. The Labute approximate surface area is 98.2 Å². The van der Waals surface area contributed by atoms with Gasteiger partial charge in [0.15, 0.2) is 0 Å². The van der Waals surface area contributed by atoms with E-state index < -0.39 is 0 Å². The third-order valence-electron chi connectivity index (χ3n) is 4.04. The molecule has 0 heterocycles. The van der Waals surface area contributed by atoms with Crippen LogP contribution in [0.4, 0.5) is 0 Å². The van der Waals surface area contributed by atoms with Crippen molar-refractivity contribution in [3.63, 3.8) is 0 Å². The monoisotopic (exact) mass is 222 g/mol. The number of nitrogens with zero attached hydrogens (tertiary/aromatic N) is 1. The number of rotatable bonds is 3. The molecule has 0 atom stereocenters. The van der Waals surface area contributed by atoms with Gasteiger partial charge in [0, 0.05) is 26.0 Å². The predicted octanol–water partition coefficient (Wildman–Crippen LogP) is 2.37. The first-order chi connectivity index (χ1) is 7.78. The van der Waals surface area contributed by atoms with Crippen LogP contribution >= 0.6 is 0 Å². The van der Waals surface area contributed by atoms with Gasteiger partial charge < -0.3 is 4.74 Å². The topological polar surface area (TPSA) is 45.0 Å². The minimum atomic E-state index is -0.282. The second-order valence-electron chi connectivity index (χ2n) is 5.29. The third-order valence-corrected chi connectivity index (χ3v) is 4.04. The Balaban J connectivity index is 1.85. The molecule has 0 spiro atoms. The molecule has 0 aliphatic heterocycles. The Morgan fingerprint density at radius 1 is 1.19 bits per heavy atom. The van der Waals surface area contributed by atoms with Gasteiger partial charge in [-0.3, -0.25) is 5.32 Å². The molecule has 0 unspecified atom stereocenters. The van der Waals surface area contributed by atoms with Crippen molar-refractivity contribution in [3.05, 3.63) is 0 Å². The number of nitriles is 1. The maximum atomic E-state index is 9.28. The molecule has 0 bridgehead atoms. The van der Waals surface area contributed by atoms with Gasteiger partial charge in [-0.15, -0.1) is 0 Å². The summed E-state index contributed by atoms with van der Waals surface area (Å²) in [7, 11) is 1.73. The van der Waals surface area contributed by atoms with Crippen molar-refractivity contribution < 1.29 is 4.74 Å². The van der Waals surface area contributed by atoms with Crippen LogP contribution in [-0.2, 0) is 4.74 Å². The van der Waals surface area contributed by atoms with E-state index in [1.165, 1.54) is 38.5 Å². The average molecular weight is 222 g/mol. The van der Waals surface area contributed by atoms with Crippen LogP contribution in [0.25, 0.3) is 0 Å². The van der Waals surface area contributed by atoms with E-state index in [4.69, 9.17) is 4.74 Å². The Hall–Kier alpha value is -0.590. The lowest BCUT2D eigenvalue weighted by molar-refractivity contribution is -0.0123. The Morgan fingerprint density at radius 2 is 1.81 bits per heavy atom. The van der Waals surface area contributed by atoms with Gasteiger partial charge in [0.1, 0.15) is 5.54 Å². The van der Waals surface area contributed by atoms with Gasteiger partial charge >= 0.3 is 0 Å². The van der Waals surface area contributed by atoms with E-state index in [0.717, 1.165) is 12.8 Å². The zero-order valence-electron chi connectivity index (χ0n) is 10.2. The molecule has 2 rings (SSSR count). The highest BCUT2D eigenvalue weighted by molar-refractivity contribution is 5.17. The van der Waals surface area contributed by atoms with Gasteiger partial charge in [0.25, 0.3) is 0 Å². The highest BCUT2D eigenvalue weighted by Gasteiger charge is 2.46. The summed E-state index contributed by atoms with van der Waals surface area (Å²) in [4.78, 5) is 0. The Morgan fingerprint density at radius 3 is 2.31 bits per heavy atom. The van der Waals surface area contributed by atoms with Gasteiger partial charge in [-0.25, -0.2) is 0 Å². The molecule has 2 aliphatic carbocycles. The van der Waals surface area contributed by atoms with Crippen LogP contribution in [-0.4, -0.2) is 24.8 Å². The normalized spacial score (nSPS) is 36.1. The molecule has 16 heavy (non-hydrogen) atoms. The maximum absolute atomic E-state index is 9.28. The van der Waals surface area contributed by atoms with Crippen molar-refractivity contribution in [1.82, 2.24) is 5.32 Å². The molecule has 0 aromatic rings. The summed E-state index contributed by atoms with van der Waals surface area (Å²) in [6.07, 6.45) is 9.82. The fourth-order valence-corrected chi connectivity index (χ4v) is 2.94. The summed E-state index contributed by atoms with van der Waals surface area (Å²) >= 11 is 0. The predicted molar refractivity (Wildman–Crippen MR) is 63.0 cm³/mol. The summed E-state index contributed by atoms with van der Waals surface area (Å²) in [5.74, 6) is 0. The van der Waals surface area contributed by atoms with Gasteiger partial charge in [0.05, 0.1) is 12.2 Å². The Bertz CT molecular complexity index is 258. The summed E-state index contributed by atoms with van der Waals surface area (Å²) in [6.45, 7) is 0. The smallest absolute Gasteiger partial charge is 0.111 e. The molecular formula is C13H22N2O. The quantitative estimate of drug-likeness (QED) is 0.746. The number of methoxy groups -OCH3 is 1. The van der Waals surface area contributed by atoms with Crippen LogP contribution in [0.2, 0.25) is 0 Å². The standard InChI is InChI=1S/C13H22N2O/c1-16-12-8-13(9-12,10-14)15-11-6-4-2-3-5-7-11/h11-12,15H,2-9H2,1H3. The maximum Gasteiger partial charge on any atom is 0.111 e. The highest BCUT2D eigenvalue weighted by Crippen LogP contribution is 2.35. The van der Waals surface area contributed by atoms with Crippen molar-refractivity contribution in [2.24, 2.45) is 0 Å². The molecule has 2 fully saturated rings. The van der Waals surface area contributed by atoms with E-state index in [9.17, 15) is 5.26 Å². The molecule has 2 saturated carbocycles. The number of hydrogen-bond acceptors (Lipinski definition) is 3. The van der Waals surface area contributed by atoms with Crippen molar-refractivity contribution in [3.8, 4) is 6.07 Å². The zero-order valence-corrected chi connectivity index (χ0v) is 10.2. The summed E-state index contributed by atoms with van der Waals surface area (Å²) in [5, 5.41) is 12.9. The van der Waals surface area contributed by atoms with E-state index in [2.05, 4.69) is 11.4 Å². The molecule has 90 valence electrons. The lowest BCUT2D eigenvalue weighted by Gasteiger charge is -2.44. The van der Waals surface area contributed by atoms with E-state index in [1.54, 1.807) is 7.11 Å². The minimum Gasteiger partial charge on any atom is -0.381 e. The van der Waals surface area contributed by atoms with E-state index in [1.807, 2.05) is 0 Å². The number of hydrogen-bond donors (Lipinski definition) is 1. The van der Waals surface area contributed by atoms with Crippen LogP contribution in [0, 0.1) is 11.3 Å². The van der Waals surface area contributed by atoms with E-state index >= 15 is 0 Å².